The Kier molecular flexibility index (Phi) is 6.86. The molecule has 0 saturated heterocycles. The first-order chi connectivity index (χ1) is 15.8. The maximum atomic E-state index is 14.4. The number of benzene rings is 2. The molecule has 0 unspecified atom stereocenters. The van der Waals surface area contributed by atoms with Crippen LogP contribution < -0.4 is 9.47 Å². The van der Waals surface area contributed by atoms with Gasteiger partial charge >= 0.3 is 11.9 Å². The van der Waals surface area contributed by atoms with E-state index in [-0.39, 0.29) is 17.7 Å². The number of hydrogen-bond acceptors (Lipinski definition) is 3. The molecule has 0 aromatic heterocycles. The van der Waals surface area contributed by atoms with E-state index in [1.807, 2.05) is 0 Å². The van der Waals surface area contributed by atoms with Gasteiger partial charge in [0.2, 0.25) is 0 Å². The number of alkyl halides is 2. The van der Waals surface area contributed by atoms with Crippen LogP contribution in [-0.4, -0.2) is 30.7 Å². The highest BCUT2D eigenvalue weighted by Gasteiger charge is 2.54. The molecule has 1 N–H and O–H groups in total. The van der Waals surface area contributed by atoms with E-state index >= 15 is 0 Å². The number of carboxylic acid groups (broad SMARTS) is 1. The molecule has 0 aliphatic heterocycles. The molecule has 178 valence electrons. The zero-order valence-corrected chi connectivity index (χ0v) is 18.6. The molecule has 0 spiro atoms. The number of carbonyl (C=O) groups is 1. The fourth-order valence-corrected chi connectivity index (χ4v) is 4.95. The van der Waals surface area contributed by atoms with Gasteiger partial charge in [-0.15, -0.1) is 0 Å². The van der Waals surface area contributed by atoms with Crippen molar-refractivity contribution < 1.29 is 32.5 Å². The molecular weight excluding hydrogens is 433 g/mol. The van der Waals surface area contributed by atoms with E-state index in [1.54, 1.807) is 43.5 Å². The van der Waals surface area contributed by atoms with Gasteiger partial charge in [-0.05, 0) is 97.7 Å². The van der Waals surface area contributed by atoms with E-state index in [2.05, 4.69) is 0 Å². The molecule has 2 aromatic carbocycles. The fraction of sp³-hybridized carbons (Fsp3) is 0.500. The van der Waals surface area contributed by atoms with Crippen molar-refractivity contribution >= 4 is 5.97 Å². The molecule has 2 saturated carbocycles. The summed E-state index contributed by atoms with van der Waals surface area (Å²) in [7, 11) is 1.57. The molecule has 2 aromatic rings. The first kappa shape index (κ1) is 23.5. The smallest absolute Gasteiger partial charge is 0.375 e. The number of carboxylic acids is 1. The lowest BCUT2D eigenvalue weighted by Gasteiger charge is -2.29. The Labute approximate surface area is 191 Å². The Balaban J connectivity index is 1.36. The summed E-state index contributed by atoms with van der Waals surface area (Å²) in [6, 6.07) is 11.3. The van der Waals surface area contributed by atoms with E-state index < -0.39 is 17.8 Å². The van der Waals surface area contributed by atoms with Gasteiger partial charge in [0.25, 0.3) is 0 Å². The molecule has 2 fully saturated rings. The lowest BCUT2D eigenvalue weighted by Crippen LogP contribution is -2.36. The molecule has 1 atom stereocenters. The van der Waals surface area contributed by atoms with Gasteiger partial charge in [0.1, 0.15) is 17.3 Å². The van der Waals surface area contributed by atoms with Crippen LogP contribution in [0.25, 0.3) is 0 Å². The Morgan fingerprint density at radius 2 is 1.79 bits per heavy atom. The molecular formula is C26H29F3O4. The summed E-state index contributed by atoms with van der Waals surface area (Å²) < 4.78 is 54.2. The standard InChI is InChI=1S/C26H29F3O4/c1-32-20-11-12-23(27)22(14-20)17-7-5-16(6-8-17)15-33-21-4-2-3-19(13-21)24(18-9-10-18)26(28,29)25(30)31/h2-4,11-14,16-18,24H,5-10,15H2,1H3,(H,30,31)/t16?,17?,24-/m0/s1. The van der Waals surface area contributed by atoms with Crippen molar-refractivity contribution in [3.63, 3.8) is 0 Å². The molecule has 4 nitrogen and oxygen atoms in total. The third-order valence-electron chi connectivity index (χ3n) is 6.96. The first-order valence-corrected chi connectivity index (χ1v) is 11.5. The number of aliphatic carboxylic acids is 1. The van der Waals surface area contributed by atoms with E-state index in [0.29, 0.717) is 48.0 Å². The summed E-state index contributed by atoms with van der Waals surface area (Å²) in [6.07, 6.45) is 4.65. The maximum Gasteiger partial charge on any atom is 0.375 e. The van der Waals surface area contributed by atoms with Gasteiger partial charge < -0.3 is 14.6 Å². The normalized spacial score (nSPS) is 21.9. The Morgan fingerprint density at radius 1 is 1.06 bits per heavy atom. The van der Waals surface area contributed by atoms with Crippen molar-refractivity contribution in [1.29, 1.82) is 0 Å². The van der Waals surface area contributed by atoms with Crippen LogP contribution >= 0.6 is 0 Å². The molecule has 0 amide bonds. The number of rotatable bonds is 9. The average molecular weight is 463 g/mol. The molecule has 7 heteroatoms. The van der Waals surface area contributed by atoms with Gasteiger partial charge in [0, 0.05) is 0 Å². The molecule has 2 aliphatic carbocycles. The molecule has 0 heterocycles. The second-order valence-electron chi connectivity index (χ2n) is 9.23. The third-order valence-corrected chi connectivity index (χ3v) is 6.96. The second kappa shape index (κ2) is 9.65. The monoisotopic (exact) mass is 462 g/mol. The van der Waals surface area contributed by atoms with Crippen LogP contribution in [0.5, 0.6) is 11.5 Å². The number of ether oxygens (including phenoxy) is 2. The van der Waals surface area contributed by atoms with Crippen LogP contribution in [0.15, 0.2) is 42.5 Å². The fourth-order valence-electron chi connectivity index (χ4n) is 4.95. The van der Waals surface area contributed by atoms with Crippen molar-refractivity contribution in [3.05, 3.63) is 59.4 Å². The molecule has 0 radical (unpaired) electrons. The topological polar surface area (TPSA) is 55.8 Å². The van der Waals surface area contributed by atoms with Crippen molar-refractivity contribution in [1.82, 2.24) is 0 Å². The molecule has 2 aliphatic rings. The number of methoxy groups -OCH3 is 1. The van der Waals surface area contributed by atoms with Crippen LogP contribution in [0.1, 0.15) is 61.5 Å². The Morgan fingerprint density at radius 3 is 2.42 bits per heavy atom. The lowest BCUT2D eigenvalue weighted by atomic mass is 9.79. The van der Waals surface area contributed by atoms with E-state index in [0.717, 1.165) is 25.7 Å². The van der Waals surface area contributed by atoms with Crippen molar-refractivity contribution in [2.24, 2.45) is 11.8 Å². The number of hydrogen-bond donors (Lipinski definition) is 1. The maximum absolute atomic E-state index is 14.4. The van der Waals surface area contributed by atoms with Gasteiger partial charge in [-0.2, -0.15) is 8.78 Å². The van der Waals surface area contributed by atoms with Crippen molar-refractivity contribution in [2.75, 3.05) is 13.7 Å². The van der Waals surface area contributed by atoms with Crippen LogP contribution in [0.3, 0.4) is 0 Å². The highest BCUT2D eigenvalue weighted by molar-refractivity contribution is 5.77. The van der Waals surface area contributed by atoms with Crippen LogP contribution in [0, 0.1) is 17.7 Å². The first-order valence-electron chi connectivity index (χ1n) is 11.5. The predicted octanol–water partition coefficient (Wildman–Crippen LogP) is 6.40. The summed E-state index contributed by atoms with van der Waals surface area (Å²) >= 11 is 0. The zero-order valence-electron chi connectivity index (χ0n) is 18.6. The zero-order chi connectivity index (χ0) is 23.6. The minimum atomic E-state index is -3.81. The SMILES string of the molecule is COc1ccc(F)c(C2CCC(COc3cccc([C@H](C4CC4)C(F)(F)C(=O)O)c3)CC2)c1. The summed E-state index contributed by atoms with van der Waals surface area (Å²) in [4.78, 5) is 11.2. The molecule has 4 rings (SSSR count). The third kappa shape index (κ3) is 5.28. The van der Waals surface area contributed by atoms with Gasteiger partial charge in [0.05, 0.1) is 19.6 Å². The van der Waals surface area contributed by atoms with Gasteiger partial charge in [-0.25, -0.2) is 9.18 Å². The Hall–Kier alpha value is -2.70. The molecule has 33 heavy (non-hydrogen) atoms. The predicted molar refractivity (Wildman–Crippen MR) is 118 cm³/mol. The highest BCUT2D eigenvalue weighted by atomic mass is 19.3. The highest BCUT2D eigenvalue weighted by Crippen LogP contribution is 2.51. The summed E-state index contributed by atoms with van der Waals surface area (Å²) in [5.74, 6) is -6.23. The van der Waals surface area contributed by atoms with Crippen LogP contribution in [-0.2, 0) is 4.79 Å². The van der Waals surface area contributed by atoms with E-state index in [9.17, 15) is 18.0 Å². The van der Waals surface area contributed by atoms with Crippen LogP contribution in [0.2, 0.25) is 0 Å². The van der Waals surface area contributed by atoms with Gasteiger partial charge in [0.15, 0.2) is 0 Å². The van der Waals surface area contributed by atoms with Gasteiger partial charge in [-0.1, -0.05) is 12.1 Å². The average Bonchev–Trinajstić information content (AvgIpc) is 3.63. The van der Waals surface area contributed by atoms with Crippen molar-refractivity contribution in [3.8, 4) is 11.5 Å². The Bertz CT molecular complexity index is 981. The quantitative estimate of drug-likeness (QED) is 0.469. The van der Waals surface area contributed by atoms with E-state index in [4.69, 9.17) is 14.6 Å². The summed E-state index contributed by atoms with van der Waals surface area (Å²) in [5.41, 5.74) is 0.992. The van der Waals surface area contributed by atoms with Crippen LogP contribution in [0.4, 0.5) is 13.2 Å². The summed E-state index contributed by atoms with van der Waals surface area (Å²) in [6.45, 7) is 0.445. The minimum Gasteiger partial charge on any atom is -0.497 e. The minimum absolute atomic E-state index is 0.136. The van der Waals surface area contributed by atoms with E-state index in [1.165, 1.54) is 6.07 Å². The largest absolute Gasteiger partial charge is 0.497 e. The lowest BCUT2D eigenvalue weighted by molar-refractivity contribution is -0.169. The second-order valence-corrected chi connectivity index (χ2v) is 9.23. The van der Waals surface area contributed by atoms with Gasteiger partial charge in [-0.3, -0.25) is 0 Å². The number of halogens is 3. The summed E-state index contributed by atoms with van der Waals surface area (Å²) in [5, 5.41) is 9.03. The molecule has 0 bridgehead atoms. The van der Waals surface area contributed by atoms with Crippen molar-refractivity contribution in [2.45, 2.75) is 56.3 Å².